The van der Waals surface area contributed by atoms with Crippen molar-refractivity contribution in [1.82, 2.24) is 0 Å². The number of nitrogens with one attached hydrogen (secondary N) is 2. The van der Waals surface area contributed by atoms with Crippen LogP contribution in [0.3, 0.4) is 0 Å². The summed E-state index contributed by atoms with van der Waals surface area (Å²) in [5, 5.41) is 12.0. The van der Waals surface area contributed by atoms with E-state index in [1.807, 2.05) is 0 Å². The molecule has 600 valence electrons. The molecule has 0 atom stereocenters. The van der Waals surface area contributed by atoms with Gasteiger partial charge >= 0.3 is 451 Å². The van der Waals surface area contributed by atoms with Crippen molar-refractivity contribution >= 4 is 247 Å². The summed E-state index contributed by atoms with van der Waals surface area (Å²) in [7, 11) is 0.414. The van der Waals surface area contributed by atoms with Gasteiger partial charge in [-0.15, -0.1) is 0 Å². The van der Waals surface area contributed by atoms with Gasteiger partial charge < -0.3 is 9.80 Å². The Labute approximate surface area is 764 Å². The molecule has 6 nitrogen and oxygen atoms in total. The summed E-state index contributed by atoms with van der Waals surface area (Å²) in [6, 6.07) is 157. The minimum absolute atomic E-state index is 0.206. The fraction of sp³-hybridized carbons (Fsp3) is 0.0182. The topological polar surface area (TPSA) is 37.0 Å². The van der Waals surface area contributed by atoms with Crippen LogP contribution >= 0.6 is 12.8 Å². The van der Waals surface area contributed by atoms with Crippen LogP contribution < -0.4 is 106 Å². The van der Waals surface area contributed by atoms with Crippen molar-refractivity contribution in [1.29, 1.82) is 0 Å². The second-order valence-electron chi connectivity index (χ2n) is 39.5. The van der Waals surface area contributed by atoms with E-state index in [0.717, 1.165) is 37.3 Å². The number of benzene rings is 18. The summed E-state index contributed by atoms with van der Waals surface area (Å²) in [5.74, 6) is 0. The van der Waals surface area contributed by atoms with Crippen molar-refractivity contribution in [2.24, 2.45) is 0 Å². The van der Waals surface area contributed by atoms with E-state index in [0.29, 0.717) is 26.9 Å². The van der Waals surface area contributed by atoms with E-state index in [9.17, 15) is 0 Å². The summed E-state index contributed by atoms with van der Waals surface area (Å²) >= 11 is 0. The zero-order valence-electron chi connectivity index (χ0n) is 72.9. The third-order valence-electron chi connectivity index (χ3n) is 34.7. The number of rotatable bonds is 10. The molecule has 0 aromatic heterocycles. The maximum atomic E-state index is 4.34. The molecule has 0 spiro atoms. The molecule has 18 aromatic rings. The molecule has 8 saturated heterocycles. The number of aryl methyl sites for hydroxylation is 2. The van der Waals surface area contributed by atoms with Gasteiger partial charge in [0.1, 0.15) is 0 Å². The minimum atomic E-state index is -2.09. The molecule has 2 N–H and O–H groups in total. The summed E-state index contributed by atoms with van der Waals surface area (Å²) in [6.07, 6.45) is 1.79. The number of fused-ring (bicyclic) bond motifs is 20. The number of nitrogens with zero attached hydrogens (tertiary/aromatic N) is 4. The molecule has 16 heterocycles. The van der Waals surface area contributed by atoms with Gasteiger partial charge in [0.05, 0.1) is 0 Å². The summed E-state index contributed by atoms with van der Waals surface area (Å²) in [5.41, 5.74) is 49.7. The van der Waals surface area contributed by atoms with Crippen LogP contribution in [-0.4, -0.2) is 78.3 Å². The molecule has 16 aliphatic rings. The quantitative estimate of drug-likeness (QED) is 0.105. The van der Waals surface area contributed by atoms with Gasteiger partial charge in [-0.2, -0.15) is 0 Å². The van der Waals surface area contributed by atoms with Gasteiger partial charge in [-0.1, -0.05) is 156 Å². The Morgan fingerprint density at radius 1 is 0.231 bits per heavy atom. The molecule has 0 amide bonds. The Hall–Kier alpha value is -13.6. The molecule has 8 fully saturated rings. The Morgan fingerprint density at radius 2 is 0.569 bits per heavy atom. The number of para-hydroxylation sites is 10. The maximum absolute atomic E-state index is 4.34. The number of hydrogen-bond acceptors (Lipinski definition) is 6. The molecular formula is C110H82B12N6P2-2. The van der Waals surface area contributed by atoms with Crippen molar-refractivity contribution < 1.29 is 0 Å². The van der Waals surface area contributed by atoms with E-state index >= 15 is 0 Å². The molecule has 16 aliphatic heterocycles. The van der Waals surface area contributed by atoms with Crippen molar-refractivity contribution in [3.8, 4) is 44.5 Å². The fourth-order valence-corrected chi connectivity index (χ4v) is 49.8. The van der Waals surface area contributed by atoms with Gasteiger partial charge in [0.25, 0.3) is 0 Å². The van der Waals surface area contributed by atoms with Crippen LogP contribution in [-0.2, 0) is 0 Å². The second-order valence-corrected chi connectivity index (χ2v) is 50.7. The third kappa shape index (κ3) is 9.55. The molecule has 20 heteroatoms. The van der Waals surface area contributed by atoms with Crippen molar-refractivity contribution in [2.75, 3.05) is 29.8 Å². The van der Waals surface area contributed by atoms with E-state index in [2.05, 4.69) is 468 Å². The molecule has 130 heavy (non-hydrogen) atoms. The zero-order chi connectivity index (χ0) is 85.2. The van der Waals surface area contributed by atoms with E-state index in [-0.39, 0.29) is 14.1 Å². The summed E-state index contributed by atoms with van der Waals surface area (Å²) in [4.78, 5) is 9.92. The first-order chi connectivity index (χ1) is 64.3. The van der Waals surface area contributed by atoms with Gasteiger partial charge in [0, 0.05) is 34.1 Å². The van der Waals surface area contributed by atoms with Crippen LogP contribution in [0.15, 0.2) is 425 Å². The average Bonchev–Trinajstić information content (AvgIpc) is 1.36. The van der Waals surface area contributed by atoms with Crippen LogP contribution in [0.2, 0.25) is 0 Å². The van der Waals surface area contributed by atoms with E-state index in [1.165, 1.54) is 195 Å². The number of hydrogen-bond donors (Lipinski definition) is 2. The fourth-order valence-electron chi connectivity index (χ4n) is 29.3. The SMILES string of the molecule is Cc1ccc2c(c1)B1c3ccccc3N(c3ccccc3)c3cccc-2c31.Cc1cccc2c1B1c3ccccc3N(c3ccccc3)c3cccc-2c31.[BH2-]1B2B3B1P23(Nc1ccccc1)c1cc2c3c(c1)N(c1ccccc1)c1ccccc1B3c1ccccc1-2.[BH2-]1B2B3B1P23(Nc1ccccc1)c1ccc2c3c1-c1ccccc1B3c1ccccc1N2c1ccccc1. The Balaban J connectivity index is 0.0000000865. The molecule has 18 aromatic carbocycles. The van der Waals surface area contributed by atoms with Gasteiger partial charge in [0.2, 0.25) is 13.4 Å². The molecule has 0 unspecified atom stereocenters. The monoisotopic (exact) mass is 1680 g/mol. The Morgan fingerprint density at radius 3 is 1.05 bits per heavy atom. The van der Waals surface area contributed by atoms with Crippen LogP contribution in [0.4, 0.5) is 79.6 Å². The van der Waals surface area contributed by atoms with Crippen LogP contribution in [0, 0.1) is 13.8 Å². The zero-order valence-corrected chi connectivity index (χ0v) is 74.7. The number of anilines is 14. The van der Waals surface area contributed by atoms with Gasteiger partial charge in [-0.05, 0) is 106 Å². The molecular weight excluding hydrogens is 1600 g/mol. The first-order valence-electron chi connectivity index (χ1n) is 47.4. The van der Waals surface area contributed by atoms with Crippen molar-refractivity contribution in [3.05, 3.63) is 436 Å². The second kappa shape index (κ2) is 27.0. The van der Waals surface area contributed by atoms with Gasteiger partial charge in [0.15, 0.2) is 0 Å². The van der Waals surface area contributed by atoms with E-state index < -0.39 is 12.8 Å². The normalized spacial score (nSPS) is 17.1. The van der Waals surface area contributed by atoms with Crippen molar-refractivity contribution in [2.45, 2.75) is 13.8 Å². The van der Waals surface area contributed by atoms with Gasteiger partial charge in [-0.3, -0.25) is 0 Å². The Kier molecular flexibility index (Phi) is 15.5. The van der Waals surface area contributed by atoms with E-state index in [1.54, 1.807) is 16.2 Å². The van der Waals surface area contributed by atoms with Crippen LogP contribution in [0.1, 0.15) is 11.1 Å². The van der Waals surface area contributed by atoms with Crippen LogP contribution in [0.5, 0.6) is 0 Å². The Bertz CT molecular complexity index is 7850. The predicted molar refractivity (Wildman–Crippen MR) is 579 cm³/mol. The first-order valence-corrected chi connectivity index (χ1v) is 52.3. The summed E-state index contributed by atoms with van der Waals surface area (Å²) in [6.45, 7) is 5.68. The molecule has 4 bridgehead atoms. The molecule has 0 aliphatic carbocycles. The third-order valence-corrected chi connectivity index (χ3v) is 51.5. The first kappa shape index (κ1) is 74.3. The van der Waals surface area contributed by atoms with Crippen LogP contribution in [0.25, 0.3) is 44.5 Å². The summed E-state index contributed by atoms with van der Waals surface area (Å²) < 4.78 is 0. The molecule has 34 rings (SSSR count). The molecule has 0 radical (unpaired) electrons. The predicted octanol–water partition coefficient (Wildman–Crippen LogP) is 15.6. The van der Waals surface area contributed by atoms with Gasteiger partial charge in [-0.25, -0.2) is 0 Å². The average molecular weight is 1680 g/mol. The standard InChI is InChI=1S/2C30H23B5N2P.2C25H18BN/c1-3-11-21(12-4-1)36-38(33-31-34(38)35(33)38)23-19-25-24-15-7-8-16-26(24)32-27-17-9-10-18-28(27)37(29(20-23)30(25)32)22-13-5-2-6-14-22;1-3-11-21(12-4-1)36-38(33-31-34(38)35(33)38)28-20-19-27-30-29(28)23-15-7-8-16-24(23)32(30)25-17-9-10-18-26(25)37(27)22-13-5-2-6-14-22;1-17-9-7-12-19-20-13-8-16-23-25(20)26(24(17)19)21-14-5-6-15-22(21)27(23)18-10-3-2-4-11-18;1-17-14-15-19-20-10-7-13-24-25(20)26(22(19)16-17)21-11-5-6-12-23(21)27(24)18-8-3-2-4-9-18/h2*1-20,36H,31H2;2*2-16H,1H3/q2*-1;;. The van der Waals surface area contributed by atoms with Crippen molar-refractivity contribution in [3.63, 3.8) is 0 Å². The van der Waals surface area contributed by atoms with E-state index in [4.69, 9.17) is 0 Å². The molecule has 0 saturated carbocycles.